The fourth-order valence-corrected chi connectivity index (χ4v) is 9.68. The van der Waals surface area contributed by atoms with E-state index in [9.17, 15) is 0 Å². The summed E-state index contributed by atoms with van der Waals surface area (Å²) in [4.78, 5) is 9.62. The third-order valence-corrected chi connectivity index (χ3v) is 12.6. The summed E-state index contributed by atoms with van der Waals surface area (Å²) in [6, 6.07) is 75.9. The van der Waals surface area contributed by atoms with Gasteiger partial charge in [0.25, 0.3) is 0 Å². The molecule has 5 heteroatoms. The van der Waals surface area contributed by atoms with Crippen molar-refractivity contribution in [2.75, 3.05) is 0 Å². The first-order chi connectivity index (χ1) is 31.2. The Balaban J connectivity index is 0.914. The molecule has 4 heterocycles. The summed E-state index contributed by atoms with van der Waals surface area (Å²) in [5, 5.41) is 5.84. The summed E-state index contributed by atoms with van der Waals surface area (Å²) in [6.45, 7) is 0. The lowest BCUT2D eigenvalue weighted by atomic mass is 9.99. The lowest BCUT2D eigenvalue weighted by Gasteiger charge is -2.11. The zero-order valence-electron chi connectivity index (χ0n) is 34.0. The number of fused-ring (bicyclic) bond motifs is 9. The van der Waals surface area contributed by atoms with Crippen LogP contribution in [0.25, 0.3) is 122 Å². The van der Waals surface area contributed by atoms with Crippen molar-refractivity contribution in [2.24, 2.45) is 0 Å². The number of para-hydroxylation sites is 3. The Morgan fingerprint density at radius 3 is 1.63 bits per heavy atom. The minimum atomic E-state index is 0.676. The maximum absolute atomic E-state index is 6.59. The van der Waals surface area contributed by atoms with Crippen LogP contribution in [0.3, 0.4) is 0 Å². The van der Waals surface area contributed by atoms with Crippen LogP contribution in [0.5, 0.6) is 0 Å². The minimum absolute atomic E-state index is 0.676. The molecule has 0 aliphatic heterocycles. The van der Waals surface area contributed by atoms with Gasteiger partial charge in [-0.3, -0.25) is 0 Å². The predicted molar refractivity (Wildman–Crippen MR) is 260 cm³/mol. The van der Waals surface area contributed by atoms with Gasteiger partial charge in [0.15, 0.2) is 5.58 Å². The molecule has 0 radical (unpaired) electrons. The molecule has 5 nitrogen and oxygen atoms in total. The number of aromatic nitrogens is 4. The van der Waals surface area contributed by atoms with Gasteiger partial charge in [0.2, 0.25) is 0 Å². The summed E-state index contributed by atoms with van der Waals surface area (Å²) >= 11 is 0. The number of hydrogen-bond acceptors (Lipinski definition) is 3. The van der Waals surface area contributed by atoms with Gasteiger partial charge in [0.1, 0.15) is 23.1 Å². The van der Waals surface area contributed by atoms with Gasteiger partial charge in [-0.25, -0.2) is 9.97 Å². The molecule has 13 aromatic rings. The van der Waals surface area contributed by atoms with Crippen molar-refractivity contribution in [3.05, 3.63) is 219 Å². The minimum Gasteiger partial charge on any atom is -0.452 e. The molecule has 0 aliphatic carbocycles. The van der Waals surface area contributed by atoms with Crippen LogP contribution in [0.2, 0.25) is 0 Å². The SMILES string of the molecule is c1ccc(-c2ccc(-c3ccc4oc5c(-c6cccc(-n7c8ccccc8c8ccc(-c9ccc%10c(c9)c9ccccc9n%10-c9ccccc9)cc87)c6)ncnc5c4c3)cc2)cc1. The van der Waals surface area contributed by atoms with Crippen LogP contribution < -0.4 is 0 Å². The van der Waals surface area contributed by atoms with Gasteiger partial charge in [-0.1, -0.05) is 146 Å². The summed E-state index contributed by atoms with van der Waals surface area (Å²) in [7, 11) is 0. The van der Waals surface area contributed by atoms with E-state index < -0.39 is 0 Å². The molecular weight excluding hydrogens is 769 g/mol. The van der Waals surface area contributed by atoms with E-state index in [0.29, 0.717) is 5.58 Å². The van der Waals surface area contributed by atoms with Gasteiger partial charge in [-0.15, -0.1) is 0 Å². The Labute approximate surface area is 362 Å². The molecule has 0 fully saturated rings. The number of furan rings is 1. The summed E-state index contributed by atoms with van der Waals surface area (Å²) < 4.78 is 11.3. The van der Waals surface area contributed by atoms with Crippen LogP contribution in [0.1, 0.15) is 0 Å². The first kappa shape index (κ1) is 35.2. The van der Waals surface area contributed by atoms with Crippen LogP contribution >= 0.6 is 0 Å². The highest BCUT2D eigenvalue weighted by Crippen LogP contribution is 2.40. The first-order valence-electron chi connectivity index (χ1n) is 21.3. The third kappa shape index (κ3) is 5.64. The van der Waals surface area contributed by atoms with Crippen molar-refractivity contribution >= 4 is 65.7 Å². The van der Waals surface area contributed by atoms with Crippen molar-refractivity contribution in [1.29, 1.82) is 0 Å². The summed E-state index contributed by atoms with van der Waals surface area (Å²) in [5.41, 5.74) is 17.8. The maximum Gasteiger partial charge on any atom is 0.180 e. The highest BCUT2D eigenvalue weighted by atomic mass is 16.3. The monoisotopic (exact) mass is 804 g/mol. The number of nitrogens with zero attached hydrogens (tertiary/aromatic N) is 4. The molecule has 0 saturated carbocycles. The summed E-state index contributed by atoms with van der Waals surface area (Å²) in [6.07, 6.45) is 1.65. The van der Waals surface area contributed by atoms with E-state index in [1.54, 1.807) is 6.33 Å². The van der Waals surface area contributed by atoms with Gasteiger partial charge < -0.3 is 13.6 Å². The second-order valence-electron chi connectivity index (χ2n) is 16.2. The molecular formula is C58H36N4O. The van der Waals surface area contributed by atoms with Crippen molar-refractivity contribution < 1.29 is 4.42 Å². The second-order valence-corrected chi connectivity index (χ2v) is 16.2. The van der Waals surface area contributed by atoms with Crippen LogP contribution in [0, 0.1) is 0 Å². The largest absolute Gasteiger partial charge is 0.452 e. The average molecular weight is 805 g/mol. The number of rotatable bonds is 6. The summed E-state index contributed by atoms with van der Waals surface area (Å²) in [5.74, 6) is 0. The molecule has 0 N–H and O–H groups in total. The lowest BCUT2D eigenvalue weighted by Crippen LogP contribution is -1.95. The molecule has 294 valence electrons. The molecule has 9 aromatic carbocycles. The Bertz CT molecular complexity index is 3900. The second kappa shape index (κ2) is 14.0. The third-order valence-electron chi connectivity index (χ3n) is 12.6. The lowest BCUT2D eigenvalue weighted by molar-refractivity contribution is 0.667. The first-order valence-corrected chi connectivity index (χ1v) is 21.3. The van der Waals surface area contributed by atoms with E-state index in [0.717, 1.165) is 66.8 Å². The van der Waals surface area contributed by atoms with Crippen LogP contribution in [-0.4, -0.2) is 19.1 Å². The fourth-order valence-electron chi connectivity index (χ4n) is 9.68. The predicted octanol–water partition coefficient (Wildman–Crippen LogP) is 15.2. The van der Waals surface area contributed by atoms with Crippen molar-refractivity contribution in [3.8, 4) is 56.0 Å². The van der Waals surface area contributed by atoms with Gasteiger partial charge in [0.05, 0.1) is 22.1 Å². The van der Waals surface area contributed by atoms with Gasteiger partial charge >= 0.3 is 0 Å². The molecule has 0 atom stereocenters. The zero-order chi connectivity index (χ0) is 41.4. The zero-order valence-corrected chi connectivity index (χ0v) is 34.0. The maximum atomic E-state index is 6.59. The molecule has 0 saturated heterocycles. The highest BCUT2D eigenvalue weighted by molar-refractivity contribution is 6.13. The van der Waals surface area contributed by atoms with Gasteiger partial charge in [-0.2, -0.15) is 0 Å². The van der Waals surface area contributed by atoms with Crippen molar-refractivity contribution in [3.63, 3.8) is 0 Å². The quantitative estimate of drug-likeness (QED) is 0.168. The topological polar surface area (TPSA) is 48.8 Å². The van der Waals surface area contributed by atoms with Crippen LogP contribution in [0.15, 0.2) is 223 Å². The van der Waals surface area contributed by atoms with E-state index in [-0.39, 0.29) is 0 Å². The Hall–Kier alpha value is -8.54. The molecule has 0 unspecified atom stereocenters. The van der Waals surface area contributed by atoms with E-state index in [2.05, 4.69) is 209 Å². The molecule has 4 aromatic heterocycles. The molecule has 0 aliphatic rings. The van der Waals surface area contributed by atoms with Crippen molar-refractivity contribution in [2.45, 2.75) is 0 Å². The Kier molecular flexibility index (Phi) is 7.84. The normalized spacial score (nSPS) is 11.8. The Morgan fingerprint density at radius 2 is 0.841 bits per heavy atom. The van der Waals surface area contributed by atoms with E-state index >= 15 is 0 Å². The molecule has 0 spiro atoms. The molecule has 63 heavy (non-hydrogen) atoms. The van der Waals surface area contributed by atoms with Crippen molar-refractivity contribution in [1.82, 2.24) is 19.1 Å². The molecule has 13 rings (SSSR count). The van der Waals surface area contributed by atoms with E-state index in [4.69, 9.17) is 14.4 Å². The van der Waals surface area contributed by atoms with E-state index in [1.807, 2.05) is 12.1 Å². The average Bonchev–Trinajstić information content (AvgIpc) is 4.01. The smallest absolute Gasteiger partial charge is 0.180 e. The van der Waals surface area contributed by atoms with Gasteiger partial charge in [0, 0.05) is 43.9 Å². The van der Waals surface area contributed by atoms with Gasteiger partial charge in [-0.05, 0) is 100 Å². The van der Waals surface area contributed by atoms with E-state index in [1.165, 1.54) is 49.3 Å². The van der Waals surface area contributed by atoms with Crippen LogP contribution in [-0.2, 0) is 0 Å². The molecule has 0 bridgehead atoms. The number of hydrogen-bond donors (Lipinski definition) is 0. The molecule has 0 amide bonds. The Morgan fingerprint density at radius 1 is 0.317 bits per heavy atom. The highest BCUT2D eigenvalue weighted by Gasteiger charge is 2.19. The van der Waals surface area contributed by atoms with Crippen LogP contribution in [0.4, 0.5) is 0 Å². The fraction of sp³-hybridized carbons (Fsp3) is 0. The number of benzene rings is 9. The standard InChI is InChI=1S/C58H36N4O/c1-3-12-37(13-4-1)38-22-24-39(25-23-38)40-28-31-55-50(34-40)57-58(63-55)56(59-36-60-57)43-14-11-17-45(32-43)62-51-20-9-7-18-46(51)48-29-26-42(35-54(48)62)41-27-30-53-49(33-41)47-19-8-10-21-52(47)61(53)44-15-5-2-6-16-44/h1-36H.